The summed E-state index contributed by atoms with van der Waals surface area (Å²) >= 11 is 0. The van der Waals surface area contributed by atoms with E-state index in [2.05, 4.69) is 10.6 Å². The van der Waals surface area contributed by atoms with Crippen molar-refractivity contribution in [3.8, 4) is 0 Å². The molecule has 140 valence electrons. The van der Waals surface area contributed by atoms with Crippen LogP contribution in [-0.2, 0) is 26.0 Å². The van der Waals surface area contributed by atoms with E-state index in [-0.39, 0.29) is 48.7 Å². The highest BCUT2D eigenvalue weighted by atomic mass is 32.2. The molecule has 1 aromatic carbocycles. The number of benzene rings is 1. The second kappa shape index (κ2) is 7.45. The van der Waals surface area contributed by atoms with Crippen LogP contribution in [0.5, 0.6) is 0 Å². The molecular weight excluding hydrogens is 358 g/mol. The number of sulfone groups is 1. The highest BCUT2D eigenvalue weighted by Crippen LogP contribution is 2.16. The number of hydrogen-bond acceptors (Lipinski definition) is 5. The monoisotopic (exact) mass is 379 g/mol. The lowest BCUT2D eigenvalue weighted by molar-refractivity contribution is -0.128. The van der Waals surface area contributed by atoms with Crippen LogP contribution in [0, 0.1) is 0 Å². The van der Waals surface area contributed by atoms with Crippen LogP contribution < -0.4 is 10.6 Å². The number of nitrogens with one attached hydrogen (secondary N) is 2. The Morgan fingerprint density at radius 3 is 2.62 bits per heavy atom. The Hall–Kier alpha value is -2.42. The summed E-state index contributed by atoms with van der Waals surface area (Å²) in [6.07, 6.45) is 0.644. The van der Waals surface area contributed by atoms with Gasteiger partial charge in [-0.25, -0.2) is 13.2 Å². The fourth-order valence-corrected chi connectivity index (χ4v) is 4.85. The molecule has 0 saturated carbocycles. The van der Waals surface area contributed by atoms with E-state index in [1.54, 1.807) is 0 Å². The fraction of sp³-hybridized carbons (Fsp3) is 0.471. The molecule has 2 unspecified atom stereocenters. The topological polar surface area (TPSA) is 113 Å². The van der Waals surface area contributed by atoms with Crippen molar-refractivity contribution in [2.45, 2.75) is 37.9 Å². The van der Waals surface area contributed by atoms with Crippen molar-refractivity contribution in [3.63, 3.8) is 0 Å². The normalized spacial score (nSPS) is 24.5. The molecule has 0 aromatic heterocycles. The largest absolute Gasteiger partial charge is 0.352 e. The number of nitrogens with zero attached hydrogens (tertiary/aromatic N) is 1. The first-order valence-electron chi connectivity index (χ1n) is 8.50. The van der Waals surface area contributed by atoms with E-state index in [0.29, 0.717) is 6.42 Å². The summed E-state index contributed by atoms with van der Waals surface area (Å²) in [7, 11) is -3.06. The molecule has 2 aliphatic rings. The third kappa shape index (κ3) is 4.40. The van der Waals surface area contributed by atoms with Crippen LogP contribution in [0.3, 0.4) is 0 Å². The first-order valence-corrected chi connectivity index (χ1v) is 10.3. The summed E-state index contributed by atoms with van der Waals surface area (Å²) in [5.41, 5.74) is 0.844. The lowest BCUT2D eigenvalue weighted by Gasteiger charge is -2.14. The average Bonchev–Trinajstić information content (AvgIpc) is 3.07. The van der Waals surface area contributed by atoms with Crippen LogP contribution in [0.1, 0.15) is 24.8 Å². The van der Waals surface area contributed by atoms with Crippen molar-refractivity contribution >= 4 is 27.7 Å². The Bertz CT molecular complexity index is 809. The molecule has 2 N–H and O–H groups in total. The van der Waals surface area contributed by atoms with Gasteiger partial charge in [-0.15, -0.1) is 0 Å². The van der Waals surface area contributed by atoms with Crippen LogP contribution in [-0.4, -0.2) is 54.8 Å². The predicted octanol–water partition coefficient (Wildman–Crippen LogP) is 0.191. The second-order valence-electron chi connectivity index (χ2n) is 6.62. The van der Waals surface area contributed by atoms with Gasteiger partial charge in [0.2, 0.25) is 5.91 Å². The summed E-state index contributed by atoms with van der Waals surface area (Å²) in [5, 5.41) is 5.28. The van der Waals surface area contributed by atoms with E-state index in [1.165, 1.54) is 0 Å². The minimum Gasteiger partial charge on any atom is -0.352 e. The standard InChI is InChI=1S/C17H21N3O5S/c21-15(18-13-8-9-26(24,25)11-13)7-6-14-16(22)20(17(23)19-14)10-12-4-2-1-3-5-12/h1-5,13-14H,6-11H2,(H,18,21)(H,19,23). The van der Waals surface area contributed by atoms with Gasteiger partial charge in [-0.2, -0.15) is 0 Å². The van der Waals surface area contributed by atoms with E-state index < -0.39 is 21.9 Å². The van der Waals surface area contributed by atoms with Crippen LogP contribution in [0.15, 0.2) is 30.3 Å². The van der Waals surface area contributed by atoms with Gasteiger partial charge >= 0.3 is 6.03 Å². The first kappa shape index (κ1) is 18.4. The first-order chi connectivity index (χ1) is 12.3. The van der Waals surface area contributed by atoms with Gasteiger partial charge in [-0.05, 0) is 18.4 Å². The van der Waals surface area contributed by atoms with Gasteiger partial charge in [0.05, 0.1) is 18.1 Å². The van der Waals surface area contributed by atoms with Gasteiger partial charge in [0.25, 0.3) is 5.91 Å². The summed E-state index contributed by atoms with van der Waals surface area (Å²) < 4.78 is 22.8. The quantitative estimate of drug-likeness (QED) is 0.685. The Balaban J connectivity index is 1.49. The molecule has 1 aromatic rings. The maximum atomic E-state index is 12.4. The minimum absolute atomic E-state index is 0.0390. The Labute approximate surface area is 151 Å². The summed E-state index contributed by atoms with van der Waals surface area (Å²) in [6, 6.07) is 7.62. The van der Waals surface area contributed by atoms with E-state index in [0.717, 1.165) is 10.5 Å². The Kier molecular flexibility index (Phi) is 5.26. The number of rotatable bonds is 6. The molecule has 0 radical (unpaired) electrons. The lowest BCUT2D eigenvalue weighted by Crippen LogP contribution is -2.37. The van der Waals surface area contributed by atoms with E-state index >= 15 is 0 Å². The van der Waals surface area contributed by atoms with Gasteiger partial charge in [-0.1, -0.05) is 30.3 Å². The van der Waals surface area contributed by atoms with Crippen molar-refractivity contribution in [1.82, 2.24) is 15.5 Å². The van der Waals surface area contributed by atoms with Crippen molar-refractivity contribution in [2.24, 2.45) is 0 Å². The summed E-state index contributed by atoms with van der Waals surface area (Å²) in [5.74, 6) is -0.613. The van der Waals surface area contributed by atoms with Crippen LogP contribution in [0.2, 0.25) is 0 Å². The maximum Gasteiger partial charge on any atom is 0.325 e. The number of carbonyl (C=O) groups is 3. The number of amides is 4. The van der Waals surface area contributed by atoms with Crippen LogP contribution in [0.4, 0.5) is 4.79 Å². The smallest absolute Gasteiger partial charge is 0.325 e. The maximum absolute atomic E-state index is 12.4. The van der Waals surface area contributed by atoms with Crippen molar-refractivity contribution in [3.05, 3.63) is 35.9 Å². The summed E-state index contributed by atoms with van der Waals surface area (Å²) in [6.45, 7) is 0.189. The van der Waals surface area contributed by atoms with E-state index in [4.69, 9.17) is 0 Å². The lowest BCUT2D eigenvalue weighted by atomic mass is 10.1. The molecule has 3 rings (SSSR count). The molecule has 4 amide bonds. The molecular formula is C17H21N3O5S. The van der Waals surface area contributed by atoms with E-state index in [9.17, 15) is 22.8 Å². The highest BCUT2D eigenvalue weighted by molar-refractivity contribution is 7.91. The molecule has 9 heteroatoms. The molecule has 26 heavy (non-hydrogen) atoms. The zero-order valence-electron chi connectivity index (χ0n) is 14.2. The zero-order valence-corrected chi connectivity index (χ0v) is 15.0. The molecule has 2 atom stereocenters. The molecule has 2 aliphatic heterocycles. The number of carbonyl (C=O) groups excluding carboxylic acids is 3. The fourth-order valence-electron chi connectivity index (χ4n) is 3.17. The molecule has 2 heterocycles. The molecule has 0 spiro atoms. The second-order valence-corrected chi connectivity index (χ2v) is 8.85. The molecule has 2 fully saturated rings. The average molecular weight is 379 g/mol. The number of urea groups is 1. The SMILES string of the molecule is O=C(CCC1NC(=O)N(Cc2ccccc2)C1=O)NC1CCS(=O)(=O)C1. The van der Waals surface area contributed by atoms with Gasteiger partial charge in [0.1, 0.15) is 6.04 Å². The number of hydrogen-bond donors (Lipinski definition) is 2. The molecule has 0 aliphatic carbocycles. The highest BCUT2D eigenvalue weighted by Gasteiger charge is 2.38. The van der Waals surface area contributed by atoms with Gasteiger partial charge in [-0.3, -0.25) is 14.5 Å². The van der Waals surface area contributed by atoms with Crippen molar-refractivity contribution < 1.29 is 22.8 Å². The Morgan fingerprint density at radius 2 is 1.96 bits per heavy atom. The molecule has 2 saturated heterocycles. The van der Waals surface area contributed by atoms with Crippen molar-refractivity contribution in [2.75, 3.05) is 11.5 Å². The van der Waals surface area contributed by atoms with Crippen LogP contribution in [0.25, 0.3) is 0 Å². The minimum atomic E-state index is -3.06. The van der Waals surface area contributed by atoms with E-state index in [1.807, 2.05) is 30.3 Å². The van der Waals surface area contributed by atoms with Gasteiger partial charge in [0.15, 0.2) is 9.84 Å². The van der Waals surface area contributed by atoms with Crippen LogP contribution >= 0.6 is 0 Å². The zero-order chi connectivity index (χ0) is 18.7. The molecule has 0 bridgehead atoms. The third-order valence-corrected chi connectivity index (χ3v) is 6.32. The van der Waals surface area contributed by atoms with Gasteiger partial charge in [0, 0.05) is 12.5 Å². The molecule has 8 nitrogen and oxygen atoms in total. The van der Waals surface area contributed by atoms with Gasteiger partial charge < -0.3 is 10.6 Å². The number of imide groups is 1. The Morgan fingerprint density at radius 1 is 1.23 bits per heavy atom. The third-order valence-electron chi connectivity index (χ3n) is 4.55. The van der Waals surface area contributed by atoms with Crippen molar-refractivity contribution in [1.29, 1.82) is 0 Å². The predicted molar refractivity (Wildman–Crippen MR) is 93.7 cm³/mol. The summed E-state index contributed by atoms with van der Waals surface area (Å²) in [4.78, 5) is 37.5.